The van der Waals surface area contributed by atoms with Gasteiger partial charge in [-0.3, -0.25) is 9.59 Å². The van der Waals surface area contributed by atoms with Crippen LogP contribution in [-0.2, 0) is 9.59 Å². The number of carboxylic acid groups (broad SMARTS) is 1. The van der Waals surface area contributed by atoms with Gasteiger partial charge in [-0.2, -0.15) is 0 Å². The summed E-state index contributed by atoms with van der Waals surface area (Å²) in [6.45, 7) is 0. The lowest BCUT2D eigenvalue weighted by Gasteiger charge is -2.27. The Morgan fingerprint density at radius 3 is 2.28 bits per heavy atom. The minimum absolute atomic E-state index is 0.0276. The predicted octanol–water partition coefficient (Wildman–Crippen LogP) is 0.873. The van der Waals surface area contributed by atoms with Crippen LogP contribution in [0.1, 0.15) is 44.9 Å². The minimum atomic E-state index is -0.835. The number of amides is 1. The highest BCUT2D eigenvalue weighted by molar-refractivity contribution is 5.80. The summed E-state index contributed by atoms with van der Waals surface area (Å²) in [5, 5.41) is 11.8. The van der Waals surface area contributed by atoms with E-state index in [4.69, 9.17) is 10.8 Å². The maximum Gasteiger partial charge on any atom is 0.305 e. The second kappa shape index (κ2) is 5.69. The molecule has 1 unspecified atom stereocenters. The van der Waals surface area contributed by atoms with E-state index in [1.807, 2.05) is 0 Å². The molecule has 2 aliphatic carbocycles. The van der Waals surface area contributed by atoms with Gasteiger partial charge in [0.1, 0.15) is 0 Å². The van der Waals surface area contributed by atoms with Crippen molar-refractivity contribution in [2.24, 2.45) is 17.6 Å². The van der Waals surface area contributed by atoms with Crippen molar-refractivity contribution in [1.29, 1.82) is 0 Å². The maximum atomic E-state index is 12.1. The average Bonchev–Trinajstić information content (AvgIpc) is 3.12. The van der Waals surface area contributed by atoms with Gasteiger partial charge in [-0.1, -0.05) is 0 Å². The summed E-state index contributed by atoms with van der Waals surface area (Å²) in [5.74, 6) is -0.409. The summed E-state index contributed by atoms with van der Waals surface area (Å²) in [7, 11) is 0. The second-order valence-corrected chi connectivity index (χ2v) is 5.66. The van der Waals surface area contributed by atoms with Crippen LogP contribution in [-0.4, -0.2) is 29.1 Å². The summed E-state index contributed by atoms with van der Waals surface area (Å²) in [6.07, 6.45) is 5.56. The van der Waals surface area contributed by atoms with Gasteiger partial charge in [0.05, 0.1) is 6.42 Å². The standard InChI is InChI=1S/C13H22N2O3/c14-10-5-3-9(4-6-10)13(18)15-11(7-12(16)17)8-1-2-8/h8-11H,1-7,14H2,(H,15,18)(H,16,17). The van der Waals surface area contributed by atoms with Crippen LogP contribution in [0.15, 0.2) is 0 Å². The fraction of sp³-hybridized carbons (Fsp3) is 0.846. The molecule has 0 aliphatic heterocycles. The molecule has 2 saturated carbocycles. The van der Waals surface area contributed by atoms with E-state index in [1.54, 1.807) is 0 Å². The zero-order chi connectivity index (χ0) is 13.1. The molecule has 0 heterocycles. The highest BCUT2D eigenvalue weighted by atomic mass is 16.4. The number of rotatable bonds is 5. The van der Waals surface area contributed by atoms with E-state index in [0.717, 1.165) is 38.5 Å². The molecule has 5 nitrogen and oxygen atoms in total. The lowest BCUT2D eigenvalue weighted by Crippen LogP contribution is -2.43. The van der Waals surface area contributed by atoms with Crippen LogP contribution in [0.5, 0.6) is 0 Å². The van der Waals surface area contributed by atoms with Gasteiger partial charge in [0.25, 0.3) is 0 Å². The molecule has 0 bridgehead atoms. The first-order valence-corrected chi connectivity index (χ1v) is 6.84. The van der Waals surface area contributed by atoms with Crippen LogP contribution in [0.3, 0.4) is 0 Å². The number of carboxylic acids is 1. The van der Waals surface area contributed by atoms with E-state index in [2.05, 4.69) is 5.32 Å². The summed E-state index contributed by atoms with van der Waals surface area (Å²) < 4.78 is 0. The summed E-state index contributed by atoms with van der Waals surface area (Å²) in [5.41, 5.74) is 5.81. The Bertz CT molecular complexity index is 320. The monoisotopic (exact) mass is 254 g/mol. The van der Waals surface area contributed by atoms with Crippen molar-refractivity contribution in [3.63, 3.8) is 0 Å². The van der Waals surface area contributed by atoms with E-state index < -0.39 is 5.97 Å². The molecule has 5 heteroatoms. The van der Waals surface area contributed by atoms with Crippen molar-refractivity contribution >= 4 is 11.9 Å². The molecule has 0 aromatic rings. The smallest absolute Gasteiger partial charge is 0.305 e. The van der Waals surface area contributed by atoms with Gasteiger partial charge in [0.2, 0.25) is 5.91 Å². The number of carbonyl (C=O) groups excluding carboxylic acids is 1. The number of hydrogen-bond donors (Lipinski definition) is 3. The van der Waals surface area contributed by atoms with E-state index in [-0.39, 0.29) is 30.3 Å². The molecule has 1 amide bonds. The largest absolute Gasteiger partial charge is 0.481 e. The number of nitrogens with one attached hydrogen (secondary N) is 1. The van der Waals surface area contributed by atoms with Gasteiger partial charge in [0, 0.05) is 18.0 Å². The average molecular weight is 254 g/mol. The first-order valence-electron chi connectivity index (χ1n) is 6.84. The van der Waals surface area contributed by atoms with E-state index in [1.165, 1.54) is 0 Å². The van der Waals surface area contributed by atoms with Gasteiger partial charge in [0.15, 0.2) is 0 Å². The zero-order valence-corrected chi connectivity index (χ0v) is 10.6. The Labute approximate surface area is 107 Å². The quantitative estimate of drug-likeness (QED) is 0.679. The number of aliphatic carboxylic acids is 1. The summed E-state index contributed by atoms with van der Waals surface area (Å²) >= 11 is 0. The Balaban J connectivity index is 1.82. The first kappa shape index (κ1) is 13.3. The third kappa shape index (κ3) is 3.70. The van der Waals surface area contributed by atoms with Crippen LogP contribution in [0, 0.1) is 11.8 Å². The fourth-order valence-electron chi connectivity index (χ4n) is 2.70. The molecule has 4 N–H and O–H groups in total. The Morgan fingerprint density at radius 1 is 1.17 bits per heavy atom. The highest BCUT2D eigenvalue weighted by Gasteiger charge is 2.35. The van der Waals surface area contributed by atoms with Crippen LogP contribution in [0.2, 0.25) is 0 Å². The van der Waals surface area contributed by atoms with Crippen LogP contribution in [0.4, 0.5) is 0 Å². The molecule has 2 aliphatic rings. The lowest BCUT2D eigenvalue weighted by molar-refractivity contribution is -0.138. The molecular weight excluding hydrogens is 232 g/mol. The zero-order valence-electron chi connectivity index (χ0n) is 10.6. The van der Waals surface area contributed by atoms with Crippen LogP contribution >= 0.6 is 0 Å². The lowest BCUT2D eigenvalue weighted by atomic mass is 9.85. The SMILES string of the molecule is NC1CCC(C(=O)NC(CC(=O)O)C2CC2)CC1. The maximum absolute atomic E-state index is 12.1. The van der Waals surface area contributed by atoms with Crippen molar-refractivity contribution in [3.05, 3.63) is 0 Å². The highest BCUT2D eigenvalue weighted by Crippen LogP contribution is 2.34. The van der Waals surface area contributed by atoms with Crippen molar-refractivity contribution in [2.75, 3.05) is 0 Å². The van der Waals surface area contributed by atoms with Gasteiger partial charge in [-0.25, -0.2) is 0 Å². The topological polar surface area (TPSA) is 92.4 Å². The molecule has 0 aromatic carbocycles. The van der Waals surface area contributed by atoms with Crippen molar-refractivity contribution in [2.45, 2.75) is 57.0 Å². The summed E-state index contributed by atoms with van der Waals surface area (Å²) in [6, 6.07) is 0.0536. The normalized spacial score (nSPS) is 29.6. The van der Waals surface area contributed by atoms with Crippen molar-refractivity contribution < 1.29 is 14.7 Å². The number of carbonyl (C=O) groups is 2. The van der Waals surface area contributed by atoms with Crippen molar-refractivity contribution in [3.8, 4) is 0 Å². The molecule has 0 saturated heterocycles. The predicted molar refractivity (Wildman–Crippen MR) is 66.8 cm³/mol. The summed E-state index contributed by atoms with van der Waals surface area (Å²) in [4.78, 5) is 22.9. The van der Waals surface area contributed by atoms with Crippen LogP contribution < -0.4 is 11.1 Å². The molecule has 0 spiro atoms. The van der Waals surface area contributed by atoms with E-state index >= 15 is 0 Å². The van der Waals surface area contributed by atoms with Gasteiger partial charge >= 0.3 is 5.97 Å². The Kier molecular flexibility index (Phi) is 4.22. The molecule has 1 atom stereocenters. The molecule has 2 rings (SSSR count). The third-order valence-corrected chi connectivity index (χ3v) is 4.06. The van der Waals surface area contributed by atoms with E-state index in [0.29, 0.717) is 5.92 Å². The minimum Gasteiger partial charge on any atom is -0.481 e. The fourth-order valence-corrected chi connectivity index (χ4v) is 2.70. The molecule has 0 aromatic heterocycles. The van der Waals surface area contributed by atoms with Crippen LogP contribution in [0.25, 0.3) is 0 Å². The molecule has 18 heavy (non-hydrogen) atoms. The van der Waals surface area contributed by atoms with E-state index in [9.17, 15) is 9.59 Å². The Hall–Kier alpha value is -1.10. The molecule has 2 fully saturated rings. The van der Waals surface area contributed by atoms with Gasteiger partial charge < -0.3 is 16.2 Å². The van der Waals surface area contributed by atoms with Crippen molar-refractivity contribution in [1.82, 2.24) is 5.32 Å². The Morgan fingerprint density at radius 2 is 1.78 bits per heavy atom. The molecule has 102 valence electrons. The molecular formula is C13H22N2O3. The molecule has 0 radical (unpaired) electrons. The second-order valence-electron chi connectivity index (χ2n) is 5.66. The number of nitrogens with two attached hydrogens (primary N) is 1. The third-order valence-electron chi connectivity index (χ3n) is 4.06. The van der Waals surface area contributed by atoms with Gasteiger partial charge in [-0.15, -0.1) is 0 Å². The number of hydrogen-bond acceptors (Lipinski definition) is 3. The van der Waals surface area contributed by atoms with Gasteiger partial charge in [-0.05, 0) is 44.4 Å². The first-order chi connectivity index (χ1) is 8.56.